The lowest BCUT2D eigenvalue weighted by atomic mass is 10.1. The van der Waals surface area contributed by atoms with Crippen LogP contribution in [0.4, 0.5) is 0 Å². The Kier molecular flexibility index (Phi) is 4.67. The van der Waals surface area contributed by atoms with E-state index in [0.29, 0.717) is 24.0 Å². The van der Waals surface area contributed by atoms with Crippen LogP contribution < -0.4 is 0 Å². The van der Waals surface area contributed by atoms with Crippen molar-refractivity contribution in [3.05, 3.63) is 41.9 Å². The van der Waals surface area contributed by atoms with E-state index in [1.165, 1.54) is 0 Å². The largest absolute Gasteiger partial charge is 0.478 e. The van der Waals surface area contributed by atoms with E-state index < -0.39 is 5.97 Å². The minimum Gasteiger partial charge on any atom is -0.478 e. The Balaban J connectivity index is 1.60. The number of carbonyl (C=O) groups is 1. The van der Waals surface area contributed by atoms with Gasteiger partial charge in [-0.1, -0.05) is 5.21 Å². The number of nitrogens with zero attached hydrogens (tertiary/aromatic N) is 5. The number of aryl methyl sites for hydroxylation is 1. The summed E-state index contributed by atoms with van der Waals surface area (Å²) in [5.74, 6) is -0.934. The molecular weight excluding hydrogens is 346 g/mol. The topological polar surface area (TPSA) is 96.4 Å². The van der Waals surface area contributed by atoms with Crippen LogP contribution in [0.15, 0.2) is 30.6 Å². The number of aliphatic hydroxyl groups is 1. The van der Waals surface area contributed by atoms with Gasteiger partial charge in [0.15, 0.2) is 0 Å². The average molecular weight is 369 g/mol. The lowest BCUT2D eigenvalue weighted by molar-refractivity contribution is 0.0698. The molecule has 1 fully saturated rings. The minimum atomic E-state index is -0.934. The van der Waals surface area contributed by atoms with Crippen LogP contribution in [0.3, 0.4) is 0 Å². The second-order valence-corrected chi connectivity index (χ2v) is 7.00. The van der Waals surface area contributed by atoms with Crippen molar-refractivity contribution in [2.24, 2.45) is 0 Å². The van der Waals surface area contributed by atoms with Crippen molar-refractivity contribution in [2.45, 2.75) is 39.0 Å². The van der Waals surface area contributed by atoms with E-state index in [2.05, 4.69) is 15.2 Å². The molecule has 0 atom stereocenters. The van der Waals surface area contributed by atoms with E-state index in [0.717, 1.165) is 42.8 Å². The molecule has 142 valence electrons. The molecule has 3 heterocycles. The lowest BCUT2D eigenvalue weighted by Gasteiger charge is -2.28. The number of rotatable bonds is 5. The van der Waals surface area contributed by atoms with Crippen LogP contribution in [0.25, 0.3) is 16.6 Å². The van der Waals surface area contributed by atoms with Crippen molar-refractivity contribution in [3.8, 4) is 5.69 Å². The molecular formula is C19H23N5O3. The third-order valence-electron chi connectivity index (χ3n) is 5.18. The van der Waals surface area contributed by atoms with Gasteiger partial charge in [0.05, 0.1) is 29.2 Å². The maximum atomic E-state index is 11.6. The molecule has 2 aromatic heterocycles. The molecule has 1 saturated heterocycles. The molecule has 0 bridgehead atoms. The van der Waals surface area contributed by atoms with Gasteiger partial charge in [-0.05, 0) is 38.0 Å². The van der Waals surface area contributed by atoms with Crippen molar-refractivity contribution >= 4 is 16.9 Å². The zero-order valence-corrected chi connectivity index (χ0v) is 15.2. The Hall–Kier alpha value is -2.71. The van der Waals surface area contributed by atoms with E-state index >= 15 is 0 Å². The standard InChI is InChI=1S/C19H23N5O3/c1-2-23-12-17(19(26)27)16-9-14(3-4-18(16)23)24-11-13(20-21-24)10-22-7-5-15(25)6-8-22/h3-4,9,11-12,15,25H,2,5-8,10H2,1H3,(H,26,27). The SMILES string of the molecule is CCn1cc(C(=O)O)c2cc(-n3cc(CN4CCC(O)CC4)nn3)ccc21. The smallest absolute Gasteiger partial charge is 0.337 e. The fourth-order valence-electron chi connectivity index (χ4n) is 3.66. The highest BCUT2D eigenvalue weighted by Crippen LogP contribution is 2.24. The zero-order chi connectivity index (χ0) is 19.0. The van der Waals surface area contributed by atoms with Crippen LogP contribution >= 0.6 is 0 Å². The Morgan fingerprint density at radius 3 is 2.74 bits per heavy atom. The first-order valence-corrected chi connectivity index (χ1v) is 9.23. The van der Waals surface area contributed by atoms with Gasteiger partial charge in [-0.25, -0.2) is 9.48 Å². The second kappa shape index (κ2) is 7.13. The Bertz CT molecular complexity index is 969. The predicted octanol–water partition coefficient (Wildman–Crippen LogP) is 1.90. The number of carboxylic acids is 1. The van der Waals surface area contributed by atoms with Crippen LogP contribution in [-0.2, 0) is 13.1 Å². The van der Waals surface area contributed by atoms with Gasteiger partial charge in [-0.2, -0.15) is 0 Å². The molecule has 0 aliphatic carbocycles. The summed E-state index contributed by atoms with van der Waals surface area (Å²) in [5, 5.41) is 28.3. The van der Waals surface area contributed by atoms with E-state index in [1.54, 1.807) is 10.9 Å². The van der Waals surface area contributed by atoms with Crippen molar-refractivity contribution in [3.63, 3.8) is 0 Å². The summed E-state index contributed by atoms with van der Waals surface area (Å²) >= 11 is 0. The number of likely N-dealkylation sites (tertiary alicyclic amines) is 1. The first kappa shape index (κ1) is 17.7. The molecule has 27 heavy (non-hydrogen) atoms. The van der Waals surface area contributed by atoms with E-state index in [-0.39, 0.29) is 6.10 Å². The molecule has 4 rings (SSSR count). The Morgan fingerprint density at radius 1 is 1.26 bits per heavy atom. The van der Waals surface area contributed by atoms with Crippen molar-refractivity contribution < 1.29 is 15.0 Å². The fourth-order valence-corrected chi connectivity index (χ4v) is 3.66. The highest BCUT2D eigenvalue weighted by Gasteiger charge is 2.19. The van der Waals surface area contributed by atoms with Gasteiger partial charge in [0, 0.05) is 43.3 Å². The molecule has 1 aliphatic heterocycles. The number of hydrogen-bond donors (Lipinski definition) is 2. The molecule has 0 spiro atoms. The van der Waals surface area contributed by atoms with Crippen molar-refractivity contribution in [2.75, 3.05) is 13.1 Å². The minimum absolute atomic E-state index is 0.192. The van der Waals surface area contributed by atoms with Gasteiger partial charge in [0.25, 0.3) is 0 Å². The van der Waals surface area contributed by atoms with Crippen LogP contribution in [0.2, 0.25) is 0 Å². The summed E-state index contributed by atoms with van der Waals surface area (Å²) in [4.78, 5) is 13.8. The number of aromatic carboxylic acids is 1. The third-order valence-corrected chi connectivity index (χ3v) is 5.18. The molecule has 8 nitrogen and oxygen atoms in total. The van der Waals surface area contributed by atoms with Crippen LogP contribution in [-0.4, -0.2) is 59.8 Å². The quantitative estimate of drug-likeness (QED) is 0.713. The van der Waals surface area contributed by atoms with Gasteiger partial charge in [-0.15, -0.1) is 5.10 Å². The number of aromatic nitrogens is 4. The van der Waals surface area contributed by atoms with Gasteiger partial charge >= 0.3 is 5.97 Å². The monoisotopic (exact) mass is 369 g/mol. The van der Waals surface area contributed by atoms with Gasteiger partial charge in [0.1, 0.15) is 0 Å². The fraction of sp³-hybridized carbons (Fsp3) is 0.421. The number of fused-ring (bicyclic) bond motifs is 1. The molecule has 1 aromatic carbocycles. The summed E-state index contributed by atoms with van der Waals surface area (Å²) in [6.45, 7) is 5.10. The van der Waals surface area contributed by atoms with Crippen molar-refractivity contribution in [1.29, 1.82) is 0 Å². The maximum absolute atomic E-state index is 11.6. The van der Waals surface area contributed by atoms with E-state index in [4.69, 9.17) is 0 Å². The molecule has 0 radical (unpaired) electrons. The zero-order valence-electron chi connectivity index (χ0n) is 15.2. The van der Waals surface area contributed by atoms with Crippen LogP contribution in [0.5, 0.6) is 0 Å². The first-order valence-electron chi connectivity index (χ1n) is 9.23. The van der Waals surface area contributed by atoms with Crippen molar-refractivity contribution in [1.82, 2.24) is 24.5 Å². The maximum Gasteiger partial charge on any atom is 0.337 e. The summed E-state index contributed by atoms with van der Waals surface area (Å²) in [7, 11) is 0. The highest BCUT2D eigenvalue weighted by atomic mass is 16.4. The molecule has 0 amide bonds. The lowest BCUT2D eigenvalue weighted by Crippen LogP contribution is -2.35. The molecule has 0 unspecified atom stereocenters. The van der Waals surface area contributed by atoms with E-state index in [9.17, 15) is 15.0 Å². The number of piperidine rings is 1. The van der Waals surface area contributed by atoms with Crippen LogP contribution in [0, 0.1) is 0 Å². The number of hydrogen-bond acceptors (Lipinski definition) is 5. The van der Waals surface area contributed by atoms with Gasteiger partial charge < -0.3 is 14.8 Å². The normalized spacial score (nSPS) is 16.2. The summed E-state index contributed by atoms with van der Waals surface area (Å²) in [6.07, 6.45) is 4.94. The second-order valence-electron chi connectivity index (χ2n) is 7.00. The summed E-state index contributed by atoms with van der Waals surface area (Å²) in [6, 6.07) is 5.70. The Labute approximate surface area is 156 Å². The van der Waals surface area contributed by atoms with Gasteiger partial charge in [0.2, 0.25) is 0 Å². The highest BCUT2D eigenvalue weighted by molar-refractivity contribution is 6.04. The van der Waals surface area contributed by atoms with Crippen LogP contribution in [0.1, 0.15) is 35.8 Å². The average Bonchev–Trinajstić information content (AvgIpc) is 3.27. The molecule has 0 saturated carbocycles. The number of benzene rings is 1. The van der Waals surface area contributed by atoms with E-state index in [1.807, 2.05) is 35.9 Å². The summed E-state index contributed by atoms with van der Waals surface area (Å²) < 4.78 is 3.61. The predicted molar refractivity (Wildman–Crippen MR) is 100 cm³/mol. The van der Waals surface area contributed by atoms with Gasteiger partial charge in [-0.3, -0.25) is 4.90 Å². The number of aliphatic hydroxyl groups excluding tert-OH is 1. The molecule has 8 heteroatoms. The number of carboxylic acid groups (broad SMARTS) is 1. The Morgan fingerprint density at radius 2 is 2.04 bits per heavy atom. The molecule has 2 N–H and O–H groups in total. The molecule has 1 aliphatic rings. The molecule has 3 aromatic rings. The first-order chi connectivity index (χ1) is 13.0. The third kappa shape index (κ3) is 3.45. The summed E-state index contributed by atoms with van der Waals surface area (Å²) in [5.41, 5.74) is 2.83.